The average Bonchev–Trinajstić information content (AvgIpc) is 3.33. The van der Waals surface area contributed by atoms with Crippen molar-refractivity contribution in [3.8, 4) is 0 Å². The second-order valence-corrected chi connectivity index (χ2v) is 9.04. The lowest BCUT2D eigenvalue weighted by Crippen LogP contribution is -2.57. The molecule has 2 fully saturated rings. The molecule has 0 spiro atoms. The lowest BCUT2D eigenvalue weighted by atomic mass is 9.32. The van der Waals surface area contributed by atoms with Crippen LogP contribution in [-0.2, 0) is 0 Å². The lowest BCUT2D eigenvalue weighted by Gasteiger charge is -2.43. The molecule has 1 saturated carbocycles. The van der Waals surface area contributed by atoms with Crippen molar-refractivity contribution in [1.82, 2.24) is 4.90 Å². The van der Waals surface area contributed by atoms with Crippen LogP contribution >= 0.6 is 0 Å². The maximum absolute atomic E-state index is 14.9. The van der Waals surface area contributed by atoms with Crippen molar-refractivity contribution < 1.29 is 43.9 Å². The molecule has 1 aliphatic carbocycles. The second-order valence-electron chi connectivity index (χ2n) is 9.04. The van der Waals surface area contributed by atoms with Crippen LogP contribution in [0.15, 0.2) is 0 Å². The maximum Gasteiger partial charge on any atom is 0.200 e. The summed E-state index contributed by atoms with van der Waals surface area (Å²) in [5.74, 6) is -24.7. The molecule has 186 valence electrons. The SMILES string of the molecule is Fc1c(F)c(F)c([BH-](c2c(F)c(F)c(F)c(F)c2F)C2CCCC2N2CCCCC2)c(F)c1F. The summed E-state index contributed by atoms with van der Waals surface area (Å²) >= 11 is 0. The summed E-state index contributed by atoms with van der Waals surface area (Å²) in [6, 6.07) is -0.578. The third-order valence-corrected chi connectivity index (χ3v) is 7.37. The third-order valence-electron chi connectivity index (χ3n) is 7.37. The van der Waals surface area contributed by atoms with Gasteiger partial charge in [-0.1, -0.05) is 19.3 Å². The van der Waals surface area contributed by atoms with E-state index in [1.54, 1.807) is 0 Å². The highest BCUT2D eigenvalue weighted by Crippen LogP contribution is 2.39. The van der Waals surface area contributed by atoms with E-state index in [9.17, 15) is 43.9 Å². The monoisotopic (exact) mass is 498 g/mol. The number of benzene rings is 2. The van der Waals surface area contributed by atoms with E-state index in [-0.39, 0.29) is 6.42 Å². The highest BCUT2D eigenvalue weighted by molar-refractivity contribution is 6.86. The minimum Gasteiger partial charge on any atom is -0.303 e. The smallest absolute Gasteiger partial charge is 0.200 e. The van der Waals surface area contributed by atoms with Crippen LogP contribution in [0.2, 0.25) is 5.82 Å². The van der Waals surface area contributed by atoms with Crippen molar-refractivity contribution in [3.63, 3.8) is 0 Å². The molecule has 2 aliphatic rings. The summed E-state index contributed by atoms with van der Waals surface area (Å²) in [6.07, 6.45) is 3.25. The van der Waals surface area contributed by atoms with E-state index >= 15 is 0 Å². The van der Waals surface area contributed by atoms with Gasteiger partial charge < -0.3 is 4.90 Å². The number of likely N-dealkylation sites (tertiary alicyclic amines) is 1. The molecule has 0 amide bonds. The molecule has 0 bridgehead atoms. The number of hydrogen-bond donors (Lipinski definition) is 0. The van der Waals surface area contributed by atoms with Crippen molar-refractivity contribution in [1.29, 1.82) is 0 Å². The summed E-state index contributed by atoms with van der Waals surface area (Å²) in [5, 5.41) is 0. The predicted molar refractivity (Wildman–Crippen MR) is 106 cm³/mol. The summed E-state index contributed by atoms with van der Waals surface area (Å²) in [5.41, 5.74) is -3.04. The minimum absolute atomic E-state index is 0.0557. The molecule has 0 radical (unpaired) electrons. The Balaban J connectivity index is 2.00. The standard InChI is InChI=1S/C22H19BF10N/c24-13-11(14(25)18(29)21(32)17(13)28)23(12-15(26)19(30)22(33)20(31)16(12)27)9-5-4-6-10(9)34-7-2-1-3-8-34/h9-10,23H,1-8H2/q-1. The molecule has 0 N–H and O–H groups in total. The molecule has 12 heteroatoms. The number of halogens is 10. The number of nitrogens with zero attached hydrogens (tertiary/aromatic N) is 1. The Bertz CT molecular complexity index is 990. The minimum atomic E-state index is -3.49. The van der Waals surface area contributed by atoms with Gasteiger partial charge in [-0.05, 0) is 38.4 Å². The fraction of sp³-hybridized carbons (Fsp3) is 0.455. The van der Waals surface area contributed by atoms with Crippen LogP contribution in [0.3, 0.4) is 0 Å². The Kier molecular flexibility index (Phi) is 6.90. The van der Waals surface area contributed by atoms with Crippen molar-refractivity contribution in [3.05, 3.63) is 58.2 Å². The molecule has 2 unspecified atom stereocenters. The molecule has 34 heavy (non-hydrogen) atoms. The van der Waals surface area contributed by atoms with Gasteiger partial charge in [0.2, 0.25) is 0 Å². The fourth-order valence-corrected chi connectivity index (χ4v) is 5.89. The largest absolute Gasteiger partial charge is 0.303 e. The lowest BCUT2D eigenvalue weighted by molar-refractivity contribution is 0.165. The predicted octanol–water partition coefficient (Wildman–Crippen LogP) is 4.83. The van der Waals surface area contributed by atoms with Crippen LogP contribution in [-0.4, -0.2) is 30.7 Å². The first-order chi connectivity index (χ1) is 16.1. The average molecular weight is 498 g/mol. The van der Waals surface area contributed by atoms with Gasteiger partial charge in [-0.3, -0.25) is 0 Å². The highest BCUT2D eigenvalue weighted by atomic mass is 19.2. The van der Waals surface area contributed by atoms with Crippen molar-refractivity contribution >= 4 is 17.6 Å². The van der Waals surface area contributed by atoms with E-state index in [0.29, 0.717) is 25.9 Å². The van der Waals surface area contributed by atoms with Gasteiger partial charge in [0.1, 0.15) is 23.3 Å². The molecule has 1 heterocycles. The Labute approximate surface area is 188 Å². The van der Waals surface area contributed by atoms with Crippen LogP contribution in [0, 0.1) is 58.2 Å². The summed E-state index contributed by atoms with van der Waals surface area (Å²) in [7, 11) is 0. The molecule has 2 atom stereocenters. The molecular weight excluding hydrogens is 479 g/mol. The summed E-state index contributed by atoms with van der Waals surface area (Å²) in [4.78, 5) is 1.90. The molecule has 4 rings (SSSR count). The van der Waals surface area contributed by atoms with E-state index in [1.165, 1.54) is 0 Å². The topological polar surface area (TPSA) is 3.24 Å². The van der Waals surface area contributed by atoms with Gasteiger partial charge >= 0.3 is 0 Å². The highest BCUT2D eigenvalue weighted by Gasteiger charge is 2.41. The van der Waals surface area contributed by atoms with Gasteiger partial charge in [0.25, 0.3) is 0 Å². The van der Waals surface area contributed by atoms with Crippen LogP contribution in [0.5, 0.6) is 0 Å². The summed E-state index contributed by atoms with van der Waals surface area (Å²) in [6.45, 7) is -2.43. The van der Waals surface area contributed by atoms with Gasteiger partial charge in [-0.15, -0.1) is 16.7 Å². The molecule has 1 aliphatic heterocycles. The quantitative estimate of drug-likeness (QED) is 0.253. The normalized spacial score (nSPS) is 21.6. The van der Waals surface area contributed by atoms with Crippen LogP contribution in [0.1, 0.15) is 38.5 Å². The van der Waals surface area contributed by atoms with E-state index in [0.717, 1.165) is 19.3 Å². The molecule has 0 aromatic heterocycles. The van der Waals surface area contributed by atoms with Crippen LogP contribution < -0.4 is 10.9 Å². The Morgan fingerprint density at radius 1 is 0.471 bits per heavy atom. The second kappa shape index (κ2) is 9.43. The van der Waals surface area contributed by atoms with Gasteiger partial charge in [-0.2, -0.15) is 0 Å². The first-order valence-corrected chi connectivity index (χ1v) is 11.0. The van der Waals surface area contributed by atoms with Gasteiger partial charge in [0.05, 0.1) is 6.71 Å². The molecule has 1 nitrogen and oxygen atoms in total. The number of rotatable bonds is 4. The van der Waals surface area contributed by atoms with Crippen LogP contribution in [0.4, 0.5) is 43.9 Å². The van der Waals surface area contributed by atoms with Crippen molar-refractivity contribution in [2.45, 2.75) is 50.4 Å². The third kappa shape index (κ3) is 3.87. The zero-order chi connectivity index (χ0) is 24.9. The van der Waals surface area contributed by atoms with Gasteiger partial charge in [-0.25, -0.2) is 43.9 Å². The number of piperidine rings is 1. The van der Waals surface area contributed by atoms with E-state index < -0.39 is 87.7 Å². The van der Waals surface area contributed by atoms with Crippen LogP contribution in [0.25, 0.3) is 0 Å². The van der Waals surface area contributed by atoms with E-state index in [2.05, 4.69) is 0 Å². The molecule has 2 aromatic rings. The Hall–Kier alpha value is -2.24. The maximum atomic E-state index is 14.9. The molecule has 2 aromatic carbocycles. The first kappa shape index (κ1) is 24.9. The Morgan fingerprint density at radius 2 is 0.853 bits per heavy atom. The zero-order valence-electron chi connectivity index (χ0n) is 17.7. The summed E-state index contributed by atoms with van der Waals surface area (Å²) < 4.78 is 143. The molecular formula is C22H19BF10N-. The zero-order valence-corrected chi connectivity index (χ0v) is 17.7. The van der Waals surface area contributed by atoms with Gasteiger partial charge in [0, 0.05) is 0 Å². The number of hydrogen-bond acceptors (Lipinski definition) is 1. The van der Waals surface area contributed by atoms with Crippen molar-refractivity contribution in [2.24, 2.45) is 0 Å². The van der Waals surface area contributed by atoms with E-state index in [4.69, 9.17) is 0 Å². The van der Waals surface area contributed by atoms with Crippen molar-refractivity contribution in [2.75, 3.05) is 13.1 Å². The Morgan fingerprint density at radius 3 is 1.26 bits per heavy atom. The van der Waals surface area contributed by atoms with Gasteiger partial charge in [0.15, 0.2) is 34.9 Å². The fourth-order valence-electron chi connectivity index (χ4n) is 5.89. The van der Waals surface area contributed by atoms with E-state index in [1.807, 2.05) is 4.90 Å². The first-order valence-electron chi connectivity index (χ1n) is 11.0. The molecule has 1 saturated heterocycles.